The van der Waals surface area contributed by atoms with Gasteiger partial charge in [-0.1, -0.05) is 0 Å². The summed E-state index contributed by atoms with van der Waals surface area (Å²) in [6, 6.07) is 0. The molecular weight excluding hydrogens is 146 g/mol. The fourth-order valence-corrected chi connectivity index (χ4v) is 0.741. The molecule has 0 bridgehead atoms. The van der Waals surface area contributed by atoms with Gasteiger partial charge in [-0.05, 0) is 0 Å². The monoisotopic (exact) mass is 155 g/mol. The van der Waals surface area contributed by atoms with E-state index in [1.807, 2.05) is 0 Å². The largest absolute Gasteiger partial charge is 0.478 e. The van der Waals surface area contributed by atoms with Crippen molar-refractivity contribution in [1.29, 1.82) is 0 Å². The van der Waals surface area contributed by atoms with E-state index in [4.69, 9.17) is 10.8 Å². The summed E-state index contributed by atoms with van der Waals surface area (Å²) in [4.78, 5) is 15.7. The summed E-state index contributed by atoms with van der Waals surface area (Å²) in [6.07, 6.45) is 3.00. The molecule has 0 saturated heterocycles. The van der Waals surface area contributed by atoms with Crippen LogP contribution in [0, 0.1) is 0 Å². The third-order valence-corrected chi connectivity index (χ3v) is 1.30. The average molecular weight is 155 g/mol. The van der Waals surface area contributed by atoms with E-state index in [0.717, 1.165) is 0 Å². The number of rotatable bonds is 2. The lowest BCUT2D eigenvalue weighted by Crippen LogP contribution is -2.27. The smallest absolute Gasteiger partial charge is 0.334 e. The molecule has 0 fully saturated rings. The van der Waals surface area contributed by atoms with E-state index < -0.39 is 5.97 Å². The second-order valence-corrected chi connectivity index (χ2v) is 2.11. The lowest BCUT2D eigenvalue weighted by molar-refractivity contribution is -0.132. The van der Waals surface area contributed by atoms with E-state index in [9.17, 15) is 4.79 Å². The molecule has 0 spiro atoms. The van der Waals surface area contributed by atoms with E-state index in [-0.39, 0.29) is 18.8 Å². The summed E-state index contributed by atoms with van der Waals surface area (Å²) in [5, 5.41) is 8.54. The van der Waals surface area contributed by atoms with E-state index >= 15 is 0 Å². The molecule has 5 heteroatoms. The SMILES string of the molecule is NCN1C=NCC(C(=O)O)=C1. The third-order valence-electron chi connectivity index (χ3n) is 1.30. The molecule has 0 radical (unpaired) electrons. The number of hydrogen-bond donors (Lipinski definition) is 2. The van der Waals surface area contributed by atoms with Crippen molar-refractivity contribution in [3.05, 3.63) is 11.8 Å². The van der Waals surface area contributed by atoms with Gasteiger partial charge in [0.25, 0.3) is 0 Å². The van der Waals surface area contributed by atoms with Crippen molar-refractivity contribution in [2.24, 2.45) is 10.7 Å². The quantitative estimate of drug-likeness (QED) is 0.548. The summed E-state index contributed by atoms with van der Waals surface area (Å²) in [5.74, 6) is -0.944. The molecule has 1 rings (SSSR count). The minimum absolute atomic E-state index is 0.228. The number of carbonyl (C=O) groups is 1. The minimum atomic E-state index is -0.944. The maximum atomic E-state index is 10.4. The van der Waals surface area contributed by atoms with Crippen molar-refractivity contribution in [3.63, 3.8) is 0 Å². The Balaban J connectivity index is 2.69. The maximum Gasteiger partial charge on any atom is 0.334 e. The Morgan fingerprint density at radius 3 is 3.18 bits per heavy atom. The van der Waals surface area contributed by atoms with Crippen molar-refractivity contribution in [1.82, 2.24) is 4.90 Å². The number of carboxylic acids is 1. The molecule has 11 heavy (non-hydrogen) atoms. The van der Waals surface area contributed by atoms with Gasteiger partial charge in [-0.3, -0.25) is 4.99 Å². The van der Waals surface area contributed by atoms with E-state index in [1.54, 1.807) is 0 Å². The average Bonchev–Trinajstić information content (AvgIpc) is 2.05. The maximum absolute atomic E-state index is 10.4. The lowest BCUT2D eigenvalue weighted by Gasteiger charge is -2.16. The minimum Gasteiger partial charge on any atom is -0.478 e. The van der Waals surface area contributed by atoms with Gasteiger partial charge in [0, 0.05) is 6.20 Å². The van der Waals surface area contributed by atoms with Crippen molar-refractivity contribution >= 4 is 12.3 Å². The van der Waals surface area contributed by atoms with Gasteiger partial charge in [-0.2, -0.15) is 0 Å². The van der Waals surface area contributed by atoms with Crippen molar-refractivity contribution < 1.29 is 9.90 Å². The zero-order valence-corrected chi connectivity index (χ0v) is 5.90. The zero-order chi connectivity index (χ0) is 8.27. The molecule has 1 aliphatic heterocycles. The van der Waals surface area contributed by atoms with Crippen LogP contribution in [0.5, 0.6) is 0 Å². The summed E-state index contributed by atoms with van der Waals surface area (Å²) in [6.45, 7) is 0.478. The third kappa shape index (κ3) is 1.78. The predicted octanol–water partition coefficient (Wildman–Crippen LogP) is -0.785. The van der Waals surface area contributed by atoms with Crippen LogP contribution >= 0.6 is 0 Å². The first kappa shape index (κ1) is 7.74. The van der Waals surface area contributed by atoms with Gasteiger partial charge in [0.1, 0.15) is 0 Å². The van der Waals surface area contributed by atoms with Gasteiger partial charge in [-0.25, -0.2) is 4.79 Å². The van der Waals surface area contributed by atoms with E-state index in [0.29, 0.717) is 0 Å². The number of hydrogen-bond acceptors (Lipinski definition) is 4. The fourth-order valence-electron chi connectivity index (χ4n) is 0.741. The molecule has 0 aromatic heterocycles. The molecule has 0 unspecified atom stereocenters. The second kappa shape index (κ2) is 3.16. The Kier molecular flexibility index (Phi) is 2.22. The number of aliphatic imine (C=N–C) groups is 1. The van der Waals surface area contributed by atoms with Crippen LogP contribution in [0.1, 0.15) is 0 Å². The summed E-state index contributed by atoms with van der Waals surface area (Å²) in [5.41, 5.74) is 5.52. The highest BCUT2D eigenvalue weighted by molar-refractivity contribution is 5.88. The normalized spacial score (nSPS) is 16.5. The van der Waals surface area contributed by atoms with Crippen LogP contribution < -0.4 is 5.73 Å². The summed E-state index contributed by atoms with van der Waals surface area (Å²) in [7, 11) is 0. The van der Waals surface area contributed by atoms with Crippen LogP contribution in [0.2, 0.25) is 0 Å². The molecule has 0 aromatic carbocycles. The first-order chi connectivity index (χ1) is 5.24. The number of aliphatic carboxylic acids is 1. The number of nitrogens with zero attached hydrogens (tertiary/aromatic N) is 2. The van der Waals surface area contributed by atoms with Crippen LogP contribution in [0.4, 0.5) is 0 Å². The van der Waals surface area contributed by atoms with E-state index in [2.05, 4.69) is 4.99 Å². The summed E-state index contributed by atoms with van der Waals surface area (Å²) >= 11 is 0. The van der Waals surface area contributed by atoms with Gasteiger partial charge in [0.15, 0.2) is 0 Å². The van der Waals surface area contributed by atoms with Crippen LogP contribution in [-0.4, -0.2) is 35.5 Å². The van der Waals surface area contributed by atoms with Crippen LogP contribution in [0.3, 0.4) is 0 Å². The highest BCUT2D eigenvalue weighted by Gasteiger charge is 2.10. The second-order valence-electron chi connectivity index (χ2n) is 2.11. The lowest BCUT2D eigenvalue weighted by atomic mass is 10.3. The number of nitrogens with two attached hydrogens (primary N) is 1. The van der Waals surface area contributed by atoms with Crippen molar-refractivity contribution in [2.75, 3.05) is 13.2 Å². The fraction of sp³-hybridized carbons (Fsp3) is 0.333. The van der Waals surface area contributed by atoms with Crippen LogP contribution in [-0.2, 0) is 4.79 Å². The molecular formula is C6H9N3O2. The molecule has 60 valence electrons. The molecule has 0 aromatic rings. The van der Waals surface area contributed by atoms with Crippen molar-refractivity contribution in [2.45, 2.75) is 0 Å². The standard InChI is InChI=1S/C6H9N3O2/c7-3-9-2-5(6(10)11)1-8-4-9/h2,4H,1,3,7H2,(H,10,11). The molecule has 0 amide bonds. The van der Waals surface area contributed by atoms with Crippen molar-refractivity contribution in [3.8, 4) is 0 Å². The van der Waals surface area contributed by atoms with Gasteiger partial charge < -0.3 is 15.7 Å². The molecule has 3 N–H and O–H groups in total. The molecule has 1 aliphatic rings. The predicted molar refractivity (Wildman–Crippen MR) is 40.0 cm³/mol. The molecule has 0 atom stereocenters. The molecule has 1 heterocycles. The number of carboxylic acid groups (broad SMARTS) is 1. The summed E-state index contributed by atoms with van der Waals surface area (Å²) < 4.78 is 0. The Hall–Kier alpha value is -1.36. The first-order valence-corrected chi connectivity index (χ1v) is 3.14. The first-order valence-electron chi connectivity index (χ1n) is 3.14. The van der Waals surface area contributed by atoms with Crippen LogP contribution in [0.15, 0.2) is 16.8 Å². The highest BCUT2D eigenvalue weighted by Crippen LogP contribution is 2.02. The van der Waals surface area contributed by atoms with E-state index in [1.165, 1.54) is 17.4 Å². The Morgan fingerprint density at radius 1 is 1.91 bits per heavy atom. The Bertz CT molecular complexity index is 222. The molecule has 5 nitrogen and oxygen atoms in total. The zero-order valence-electron chi connectivity index (χ0n) is 5.90. The van der Waals surface area contributed by atoms with Gasteiger partial charge in [-0.15, -0.1) is 0 Å². The van der Waals surface area contributed by atoms with Gasteiger partial charge in [0.05, 0.1) is 25.1 Å². The van der Waals surface area contributed by atoms with Gasteiger partial charge >= 0.3 is 5.97 Å². The Labute approximate surface area is 63.8 Å². The van der Waals surface area contributed by atoms with Crippen LogP contribution in [0.25, 0.3) is 0 Å². The highest BCUT2D eigenvalue weighted by atomic mass is 16.4. The van der Waals surface area contributed by atoms with Gasteiger partial charge in [0.2, 0.25) is 0 Å². The Morgan fingerprint density at radius 2 is 2.64 bits per heavy atom. The molecule has 0 aliphatic carbocycles. The topological polar surface area (TPSA) is 78.9 Å². The molecule has 0 saturated carbocycles.